The van der Waals surface area contributed by atoms with E-state index < -0.39 is 0 Å². The van der Waals surface area contributed by atoms with Crippen molar-refractivity contribution in [1.29, 1.82) is 0 Å². The molecule has 156 valence electrons. The SMILES string of the molecule is C=CC.CCCCC/C=C\C/C=C\CCCCCCCC(=O)OCC1CO1. The second-order valence-corrected chi connectivity index (χ2v) is 7.03. The van der Waals surface area contributed by atoms with E-state index in [1.54, 1.807) is 6.08 Å². The van der Waals surface area contributed by atoms with Gasteiger partial charge in [-0.1, -0.05) is 69.4 Å². The van der Waals surface area contributed by atoms with Crippen molar-refractivity contribution < 1.29 is 14.3 Å². The van der Waals surface area contributed by atoms with E-state index in [1.807, 2.05) is 6.92 Å². The number of carbonyl (C=O) groups is 1. The number of rotatable bonds is 16. The summed E-state index contributed by atoms with van der Waals surface area (Å²) in [5, 5.41) is 0. The van der Waals surface area contributed by atoms with E-state index in [9.17, 15) is 4.79 Å². The van der Waals surface area contributed by atoms with E-state index in [4.69, 9.17) is 9.47 Å². The van der Waals surface area contributed by atoms with Gasteiger partial charge in [0.05, 0.1) is 6.61 Å². The molecule has 1 saturated heterocycles. The Bertz CT molecular complexity index is 394. The Morgan fingerprint density at radius 3 is 2.15 bits per heavy atom. The van der Waals surface area contributed by atoms with Crippen LogP contribution in [0.3, 0.4) is 0 Å². The molecule has 1 heterocycles. The molecule has 3 heteroatoms. The van der Waals surface area contributed by atoms with Gasteiger partial charge in [-0.25, -0.2) is 0 Å². The summed E-state index contributed by atoms with van der Waals surface area (Å²) < 4.78 is 10.1. The zero-order valence-electron chi connectivity index (χ0n) is 17.8. The van der Waals surface area contributed by atoms with Crippen molar-refractivity contribution in [2.75, 3.05) is 13.2 Å². The standard InChI is InChI=1S/C21H36O3.C3H6/c1-2-3-4-5-6-7-8-9-10-11-12-13-14-15-16-17-21(22)24-19-20-18-23-20;1-3-2/h6-7,9-10,20H,2-5,8,11-19H2,1H3;3H,1H2,2H3/b7-6-,10-9-;. The van der Waals surface area contributed by atoms with Crippen LogP contribution in [-0.4, -0.2) is 25.3 Å². The number of ether oxygens (including phenoxy) is 2. The lowest BCUT2D eigenvalue weighted by Gasteiger charge is -2.02. The highest BCUT2D eigenvalue weighted by molar-refractivity contribution is 5.69. The zero-order chi connectivity index (χ0) is 20.0. The molecule has 3 nitrogen and oxygen atoms in total. The van der Waals surface area contributed by atoms with Crippen molar-refractivity contribution >= 4 is 5.97 Å². The average Bonchev–Trinajstić information content (AvgIpc) is 3.48. The van der Waals surface area contributed by atoms with Gasteiger partial charge in [0.15, 0.2) is 0 Å². The number of unbranched alkanes of at least 4 members (excludes halogenated alkanes) is 8. The molecule has 1 atom stereocenters. The Balaban J connectivity index is 0.00000210. The van der Waals surface area contributed by atoms with Crippen LogP contribution in [0.15, 0.2) is 37.0 Å². The molecule has 1 fully saturated rings. The van der Waals surface area contributed by atoms with E-state index in [2.05, 4.69) is 37.8 Å². The van der Waals surface area contributed by atoms with Gasteiger partial charge in [-0.3, -0.25) is 4.79 Å². The lowest BCUT2D eigenvalue weighted by atomic mass is 10.1. The first-order chi connectivity index (χ1) is 13.2. The molecule has 1 aliphatic heterocycles. The van der Waals surface area contributed by atoms with Gasteiger partial charge in [0.25, 0.3) is 0 Å². The highest BCUT2D eigenvalue weighted by Gasteiger charge is 2.23. The molecule has 1 unspecified atom stereocenters. The van der Waals surface area contributed by atoms with Crippen molar-refractivity contribution in [2.24, 2.45) is 0 Å². The summed E-state index contributed by atoms with van der Waals surface area (Å²) in [7, 11) is 0. The molecule has 1 aliphatic rings. The number of hydrogen-bond donors (Lipinski definition) is 0. The quantitative estimate of drug-likeness (QED) is 0.126. The summed E-state index contributed by atoms with van der Waals surface area (Å²) in [5.41, 5.74) is 0. The highest BCUT2D eigenvalue weighted by Crippen LogP contribution is 2.11. The number of epoxide rings is 1. The van der Waals surface area contributed by atoms with Gasteiger partial charge in [-0.05, 0) is 45.4 Å². The van der Waals surface area contributed by atoms with Crippen LogP contribution in [0.5, 0.6) is 0 Å². The maximum Gasteiger partial charge on any atom is 0.305 e. The molecule has 0 aromatic rings. The van der Waals surface area contributed by atoms with E-state index in [0.717, 1.165) is 25.9 Å². The molecule has 0 aromatic heterocycles. The maximum absolute atomic E-state index is 11.4. The number of esters is 1. The first-order valence-electron chi connectivity index (χ1n) is 10.9. The molecule has 0 bridgehead atoms. The fraction of sp³-hybridized carbons (Fsp3) is 0.708. The van der Waals surface area contributed by atoms with Gasteiger partial charge in [0.1, 0.15) is 12.7 Å². The van der Waals surface area contributed by atoms with Crippen molar-refractivity contribution in [2.45, 2.75) is 97.0 Å². The Labute approximate surface area is 167 Å². The van der Waals surface area contributed by atoms with Crippen LogP contribution in [-0.2, 0) is 14.3 Å². The lowest BCUT2D eigenvalue weighted by molar-refractivity contribution is -0.144. The molecule has 0 aliphatic carbocycles. The molecule has 27 heavy (non-hydrogen) atoms. The predicted molar refractivity (Wildman–Crippen MR) is 116 cm³/mol. The summed E-state index contributed by atoms with van der Waals surface area (Å²) in [6.07, 6.45) is 24.9. The van der Waals surface area contributed by atoms with Crippen LogP contribution in [0, 0.1) is 0 Å². The minimum absolute atomic E-state index is 0.0730. The van der Waals surface area contributed by atoms with E-state index in [-0.39, 0.29) is 12.1 Å². The molecule has 0 amide bonds. The molecular weight excluding hydrogens is 336 g/mol. The largest absolute Gasteiger partial charge is 0.463 e. The van der Waals surface area contributed by atoms with Crippen molar-refractivity contribution in [3.05, 3.63) is 37.0 Å². The third kappa shape index (κ3) is 22.6. The summed E-state index contributed by atoms with van der Waals surface area (Å²) in [4.78, 5) is 11.4. The van der Waals surface area contributed by atoms with Gasteiger partial charge in [-0.2, -0.15) is 0 Å². The zero-order valence-corrected chi connectivity index (χ0v) is 17.8. The Hall–Kier alpha value is -1.35. The number of allylic oxidation sites excluding steroid dienone is 5. The molecule has 0 spiro atoms. The van der Waals surface area contributed by atoms with E-state index >= 15 is 0 Å². The predicted octanol–water partition coefficient (Wildman–Crippen LogP) is 6.93. The summed E-state index contributed by atoms with van der Waals surface area (Å²) >= 11 is 0. The van der Waals surface area contributed by atoms with Crippen LogP contribution in [0.2, 0.25) is 0 Å². The third-order valence-electron chi connectivity index (χ3n) is 4.16. The van der Waals surface area contributed by atoms with Gasteiger partial charge in [-0.15, -0.1) is 6.58 Å². The fourth-order valence-corrected chi connectivity index (χ4v) is 2.50. The maximum atomic E-state index is 11.4. The third-order valence-corrected chi connectivity index (χ3v) is 4.16. The molecular formula is C24H42O3. The monoisotopic (exact) mass is 378 g/mol. The number of hydrogen-bond acceptors (Lipinski definition) is 3. The van der Waals surface area contributed by atoms with Gasteiger partial charge >= 0.3 is 5.97 Å². The molecule has 1 rings (SSSR count). The average molecular weight is 379 g/mol. The van der Waals surface area contributed by atoms with E-state index in [0.29, 0.717) is 13.0 Å². The van der Waals surface area contributed by atoms with Crippen LogP contribution < -0.4 is 0 Å². The van der Waals surface area contributed by atoms with Gasteiger partial charge < -0.3 is 9.47 Å². The first-order valence-corrected chi connectivity index (χ1v) is 10.9. The molecule has 0 N–H and O–H groups in total. The Kier molecular flexibility index (Phi) is 19.9. The summed E-state index contributed by atoms with van der Waals surface area (Å²) in [6.45, 7) is 8.68. The molecule has 0 saturated carbocycles. The highest BCUT2D eigenvalue weighted by atomic mass is 16.6. The van der Waals surface area contributed by atoms with Crippen LogP contribution in [0.25, 0.3) is 0 Å². The Morgan fingerprint density at radius 1 is 1.00 bits per heavy atom. The van der Waals surface area contributed by atoms with Crippen molar-refractivity contribution in [3.8, 4) is 0 Å². The smallest absolute Gasteiger partial charge is 0.305 e. The fourth-order valence-electron chi connectivity index (χ4n) is 2.50. The summed E-state index contributed by atoms with van der Waals surface area (Å²) in [6, 6.07) is 0. The van der Waals surface area contributed by atoms with Crippen LogP contribution in [0.1, 0.15) is 90.9 Å². The topological polar surface area (TPSA) is 38.8 Å². The second-order valence-electron chi connectivity index (χ2n) is 7.03. The molecule has 0 radical (unpaired) electrons. The van der Waals surface area contributed by atoms with Gasteiger partial charge in [0.2, 0.25) is 0 Å². The van der Waals surface area contributed by atoms with Crippen LogP contribution in [0.4, 0.5) is 0 Å². The Morgan fingerprint density at radius 2 is 1.56 bits per heavy atom. The van der Waals surface area contributed by atoms with E-state index in [1.165, 1.54) is 51.4 Å². The summed E-state index contributed by atoms with van der Waals surface area (Å²) in [5.74, 6) is -0.0730. The minimum atomic E-state index is -0.0730. The van der Waals surface area contributed by atoms with Crippen molar-refractivity contribution in [3.63, 3.8) is 0 Å². The van der Waals surface area contributed by atoms with Gasteiger partial charge in [0, 0.05) is 6.42 Å². The first kappa shape index (κ1) is 25.6. The second kappa shape index (κ2) is 21.0. The minimum Gasteiger partial charge on any atom is -0.463 e. The molecule has 0 aromatic carbocycles. The lowest BCUT2D eigenvalue weighted by Crippen LogP contribution is -2.09. The van der Waals surface area contributed by atoms with Crippen LogP contribution >= 0.6 is 0 Å². The number of carbonyl (C=O) groups excluding carboxylic acids is 1. The van der Waals surface area contributed by atoms with Crippen molar-refractivity contribution in [1.82, 2.24) is 0 Å². The normalized spacial score (nSPS) is 15.6.